The van der Waals surface area contributed by atoms with E-state index in [1.54, 1.807) is 0 Å². The van der Waals surface area contributed by atoms with Gasteiger partial charge >= 0.3 is 0 Å². The molecule has 0 aromatic heterocycles. The predicted molar refractivity (Wildman–Crippen MR) is 56.3 cm³/mol. The number of halogens is 1. The van der Waals surface area contributed by atoms with Crippen molar-refractivity contribution in [3.63, 3.8) is 0 Å². The van der Waals surface area contributed by atoms with E-state index in [0.717, 1.165) is 12.1 Å². The zero-order valence-corrected chi connectivity index (χ0v) is 9.58. The van der Waals surface area contributed by atoms with Crippen molar-refractivity contribution in [1.29, 1.82) is 0 Å². The first-order valence-corrected chi connectivity index (χ1v) is 6.27. The van der Waals surface area contributed by atoms with Gasteiger partial charge in [0.25, 0.3) is 14.7 Å². The van der Waals surface area contributed by atoms with Crippen molar-refractivity contribution >= 4 is 31.7 Å². The number of hydrogen-bond donors (Lipinski definition) is 0. The molecule has 0 aliphatic carbocycles. The molecule has 0 radical (unpaired) electrons. The first-order valence-electron chi connectivity index (χ1n) is 3.96. The lowest BCUT2D eigenvalue weighted by Gasteiger charge is -2.03. The van der Waals surface area contributed by atoms with Gasteiger partial charge in [-0.05, 0) is 18.6 Å². The Kier molecular flexibility index (Phi) is 3.30. The van der Waals surface area contributed by atoms with Crippen molar-refractivity contribution in [2.75, 3.05) is 0 Å². The van der Waals surface area contributed by atoms with Crippen LogP contribution in [0.3, 0.4) is 0 Å². The highest BCUT2D eigenvalue weighted by atomic mass is 35.7. The summed E-state index contributed by atoms with van der Waals surface area (Å²) in [5.74, 6) is 0. The normalized spacial score (nSPS) is 11.1. The largest absolute Gasteiger partial charge is 0.298 e. The van der Waals surface area contributed by atoms with E-state index in [9.17, 15) is 23.3 Å². The molecule has 0 aliphatic heterocycles. The molecular weight excluding hydrogens is 258 g/mol. The lowest BCUT2D eigenvalue weighted by Crippen LogP contribution is -2.03. The van der Waals surface area contributed by atoms with Gasteiger partial charge in [0.05, 0.1) is 4.92 Å². The molecule has 86 valence electrons. The summed E-state index contributed by atoms with van der Waals surface area (Å²) in [7, 11) is 0.894. The van der Waals surface area contributed by atoms with E-state index in [1.165, 1.54) is 6.92 Å². The van der Waals surface area contributed by atoms with Crippen molar-refractivity contribution in [3.05, 3.63) is 33.4 Å². The van der Waals surface area contributed by atoms with Gasteiger partial charge < -0.3 is 0 Å². The van der Waals surface area contributed by atoms with E-state index in [1.807, 2.05) is 0 Å². The van der Waals surface area contributed by atoms with Crippen LogP contribution in [0.1, 0.15) is 15.9 Å². The smallest absolute Gasteiger partial charge is 0.281 e. The zero-order valence-electron chi connectivity index (χ0n) is 8.01. The van der Waals surface area contributed by atoms with Crippen LogP contribution in [0.25, 0.3) is 0 Å². The lowest BCUT2D eigenvalue weighted by molar-refractivity contribution is -0.385. The predicted octanol–water partition coefficient (Wildman–Crippen LogP) is 1.64. The molecule has 0 spiro atoms. The number of nitrogens with zero attached hydrogens (tertiary/aromatic N) is 1. The Morgan fingerprint density at radius 1 is 1.44 bits per heavy atom. The summed E-state index contributed by atoms with van der Waals surface area (Å²) < 4.78 is 22.2. The Hall–Kier alpha value is -1.47. The molecule has 0 heterocycles. The molecule has 0 bridgehead atoms. The second kappa shape index (κ2) is 4.18. The Balaban J connectivity index is 3.75. The number of aryl methyl sites for hydroxylation is 1. The number of benzene rings is 1. The number of rotatable bonds is 3. The Bertz CT molecular complexity index is 566. The fourth-order valence-electron chi connectivity index (χ4n) is 1.22. The van der Waals surface area contributed by atoms with Gasteiger partial charge in [0, 0.05) is 16.7 Å². The molecule has 6 nitrogen and oxygen atoms in total. The fourth-order valence-corrected chi connectivity index (χ4v) is 2.34. The maximum atomic E-state index is 11.1. The highest BCUT2D eigenvalue weighted by Gasteiger charge is 2.24. The van der Waals surface area contributed by atoms with E-state index in [2.05, 4.69) is 0 Å². The van der Waals surface area contributed by atoms with Crippen LogP contribution in [0.2, 0.25) is 0 Å². The Labute approximate surface area is 95.4 Å². The number of nitro groups is 1. The van der Waals surface area contributed by atoms with Gasteiger partial charge in [-0.2, -0.15) is 0 Å². The summed E-state index contributed by atoms with van der Waals surface area (Å²) in [4.78, 5) is 19.9. The van der Waals surface area contributed by atoms with Gasteiger partial charge in [0.15, 0.2) is 6.29 Å². The number of carbonyl (C=O) groups excluding carboxylic acids is 1. The third kappa shape index (κ3) is 2.37. The number of carbonyl (C=O) groups is 1. The van der Waals surface area contributed by atoms with E-state index in [4.69, 9.17) is 10.7 Å². The van der Waals surface area contributed by atoms with E-state index >= 15 is 0 Å². The molecule has 0 saturated heterocycles. The van der Waals surface area contributed by atoms with E-state index in [-0.39, 0.29) is 6.29 Å². The van der Waals surface area contributed by atoms with Crippen LogP contribution in [-0.2, 0) is 9.05 Å². The molecule has 0 N–H and O–H groups in total. The molecule has 0 atom stereocenters. The minimum absolute atomic E-state index is 0.104. The SMILES string of the molecule is Cc1cc([N+](=O)[O-])c(C=O)c(S(=O)(=O)Cl)c1. The van der Waals surface area contributed by atoms with Crippen LogP contribution in [-0.4, -0.2) is 19.6 Å². The first-order chi connectivity index (χ1) is 7.27. The molecule has 0 unspecified atom stereocenters. The van der Waals surface area contributed by atoms with Crippen LogP contribution in [0.4, 0.5) is 5.69 Å². The molecule has 1 aromatic rings. The van der Waals surface area contributed by atoms with Crippen LogP contribution in [0.15, 0.2) is 17.0 Å². The lowest BCUT2D eigenvalue weighted by atomic mass is 10.1. The van der Waals surface area contributed by atoms with Crippen LogP contribution < -0.4 is 0 Å². The van der Waals surface area contributed by atoms with Crippen LogP contribution in [0, 0.1) is 17.0 Å². The van der Waals surface area contributed by atoms with Gasteiger partial charge in [-0.25, -0.2) is 8.42 Å². The average Bonchev–Trinajstić information content (AvgIpc) is 2.14. The summed E-state index contributed by atoms with van der Waals surface area (Å²) in [6.45, 7) is 1.47. The number of hydrogen-bond acceptors (Lipinski definition) is 5. The molecular formula is C8H6ClNO5S. The van der Waals surface area contributed by atoms with Gasteiger partial charge in [-0.3, -0.25) is 14.9 Å². The fraction of sp³-hybridized carbons (Fsp3) is 0.125. The second-order valence-electron chi connectivity index (χ2n) is 3.01. The molecule has 0 saturated carbocycles. The molecule has 1 aromatic carbocycles. The zero-order chi connectivity index (χ0) is 12.5. The summed E-state index contributed by atoms with van der Waals surface area (Å²) in [5.41, 5.74) is -0.781. The minimum Gasteiger partial charge on any atom is -0.298 e. The van der Waals surface area contributed by atoms with E-state index < -0.39 is 30.1 Å². The summed E-state index contributed by atoms with van der Waals surface area (Å²) in [6, 6.07) is 2.22. The maximum absolute atomic E-state index is 11.1. The second-order valence-corrected chi connectivity index (χ2v) is 5.54. The van der Waals surface area contributed by atoms with E-state index in [0.29, 0.717) is 5.56 Å². The molecule has 0 aliphatic rings. The summed E-state index contributed by atoms with van der Waals surface area (Å²) in [6.07, 6.45) is 0.104. The Morgan fingerprint density at radius 3 is 2.38 bits per heavy atom. The van der Waals surface area contributed by atoms with Crippen molar-refractivity contribution in [1.82, 2.24) is 0 Å². The molecule has 8 heteroatoms. The van der Waals surface area contributed by atoms with Gasteiger partial charge in [-0.1, -0.05) is 0 Å². The Morgan fingerprint density at radius 2 is 2.00 bits per heavy atom. The quantitative estimate of drug-likeness (QED) is 0.358. The maximum Gasteiger partial charge on any atom is 0.281 e. The van der Waals surface area contributed by atoms with Crippen molar-refractivity contribution in [2.24, 2.45) is 0 Å². The van der Waals surface area contributed by atoms with Gasteiger partial charge in [0.2, 0.25) is 0 Å². The molecule has 0 amide bonds. The molecule has 0 fully saturated rings. The minimum atomic E-state index is -4.19. The average molecular weight is 264 g/mol. The van der Waals surface area contributed by atoms with Gasteiger partial charge in [0.1, 0.15) is 10.5 Å². The van der Waals surface area contributed by atoms with Crippen LogP contribution >= 0.6 is 10.7 Å². The van der Waals surface area contributed by atoms with Crippen molar-refractivity contribution in [3.8, 4) is 0 Å². The first kappa shape index (κ1) is 12.6. The van der Waals surface area contributed by atoms with Crippen molar-refractivity contribution in [2.45, 2.75) is 11.8 Å². The van der Waals surface area contributed by atoms with Gasteiger partial charge in [-0.15, -0.1) is 0 Å². The number of nitro benzene ring substituents is 1. The molecule has 1 rings (SSSR count). The standard InChI is InChI=1S/C8H6ClNO5S/c1-5-2-7(10(12)13)6(4-11)8(3-5)16(9,14)15/h2-4H,1H3. The van der Waals surface area contributed by atoms with Crippen LogP contribution in [0.5, 0.6) is 0 Å². The topological polar surface area (TPSA) is 94.3 Å². The molecule has 16 heavy (non-hydrogen) atoms. The highest BCUT2D eigenvalue weighted by molar-refractivity contribution is 8.13. The summed E-state index contributed by atoms with van der Waals surface area (Å²) in [5, 5.41) is 10.6. The van der Waals surface area contributed by atoms with Crippen molar-refractivity contribution < 1.29 is 18.1 Å². The monoisotopic (exact) mass is 263 g/mol. The third-order valence-corrected chi connectivity index (χ3v) is 3.20. The highest BCUT2D eigenvalue weighted by Crippen LogP contribution is 2.28. The third-order valence-electron chi connectivity index (χ3n) is 1.84. The number of aldehydes is 1. The summed E-state index contributed by atoms with van der Waals surface area (Å²) >= 11 is 0.